The van der Waals surface area contributed by atoms with E-state index in [9.17, 15) is 18.3 Å². The van der Waals surface area contributed by atoms with Gasteiger partial charge < -0.3 is 19.5 Å². The number of nitrogens with zero attached hydrogens (tertiary/aromatic N) is 2. The quantitative estimate of drug-likeness (QED) is 0.315. The monoisotopic (exact) mass is 735 g/mol. The van der Waals surface area contributed by atoms with Crippen LogP contribution < -0.4 is 14.4 Å². The summed E-state index contributed by atoms with van der Waals surface area (Å²) in [7, 11) is -4.00. The number of nitrogens with one attached hydrogen (secondary N) is 1. The molecule has 6 atom stereocenters. The molecule has 2 aromatic rings. The summed E-state index contributed by atoms with van der Waals surface area (Å²) < 4.78 is 41.4. The van der Waals surface area contributed by atoms with Gasteiger partial charge in [0, 0.05) is 61.1 Å². The number of allylic oxidation sites excluding steroid dienone is 1. The predicted molar refractivity (Wildman–Crippen MR) is 200 cm³/mol. The Morgan fingerprint density at radius 3 is 2.73 bits per heavy atom. The molecule has 0 aromatic heterocycles. The Morgan fingerprint density at radius 2 is 1.94 bits per heavy atom. The maximum absolute atomic E-state index is 13.5. The molecule has 0 unspecified atom stereocenters. The van der Waals surface area contributed by atoms with Gasteiger partial charge in [-0.25, -0.2) is 13.1 Å². The molecule has 2 aliphatic carbocycles. The van der Waals surface area contributed by atoms with Gasteiger partial charge in [-0.15, -0.1) is 0 Å². The Balaban J connectivity index is 1.26. The first-order chi connectivity index (χ1) is 24.5. The van der Waals surface area contributed by atoms with E-state index in [4.69, 9.17) is 21.1 Å². The molecule has 2 N–H and O–H groups in total. The number of hydrogen-bond donors (Lipinski definition) is 2. The molecule has 51 heavy (non-hydrogen) atoms. The van der Waals surface area contributed by atoms with Crippen LogP contribution >= 0.6 is 11.6 Å². The number of carbonyl (C=O) groups excluding carboxylic acids is 1. The van der Waals surface area contributed by atoms with E-state index in [-0.39, 0.29) is 28.7 Å². The highest BCUT2D eigenvalue weighted by Gasteiger charge is 2.48. The Kier molecular flexibility index (Phi) is 10.5. The fraction of sp³-hybridized carbons (Fsp3) is 0.575. The minimum atomic E-state index is -4.00. The molecule has 1 amide bonds. The first-order valence-electron chi connectivity index (χ1n) is 18.5. The van der Waals surface area contributed by atoms with Crippen LogP contribution in [0.1, 0.15) is 73.9 Å². The number of aryl methyl sites for hydroxylation is 1. The van der Waals surface area contributed by atoms with Crippen LogP contribution in [0.4, 0.5) is 5.69 Å². The Labute approximate surface area is 307 Å². The Bertz CT molecular complexity index is 1830. The Morgan fingerprint density at radius 1 is 1.12 bits per heavy atom. The van der Waals surface area contributed by atoms with Crippen molar-refractivity contribution in [2.24, 2.45) is 17.8 Å². The molecular formula is C40H50ClN3O6S. The number of benzene rings is 2. The maximum atomic E-state index is 13.5. The zero-order valence-corrected chi connectivity index (χ0v) is 31.3. The van der Waals surface area contributed by atoms with Gasteiger partial charge >= 0.3 is 0 Å². The van der Waals surface area contributed by atoms with Crippen LogP contribution in [0.2, 0.25) is 5.02 Å². The molecule has 274 valence electrons. The lowest BCUT2D eigenvalue weighted by atomic mass is 9.64. The van der Waals surface area contributed by atoms with Gasteiger partial charge in [0.05, 0.1) is 30.8 Å². The van der Waals surface area contributed by atoms with Crippen LogP contribution in [0.5, 0.6) is 5.75 Å². The molecule has 11 heteroatoms. The smallest absolute Gasteiger partial charge is 0.264 e. The van der Waals surface area contributed by atoms with Crippen molar-refractivity contribution in [1.29, 1.82) is 0 Å². The summed E-state index contributed by atoms with van der Waals surface area (Å²) in [5.41, 5.74) is 1.82. The van der Waals surface area contributed by atoms with Gasteiger partial charge in [0.25, 0.3) is 5.91 Å². The number of carbonyl (C=O) groups is 1. The van der Waals surface area contributed by atoms with Gasteiger partial charge in [-0.2, -0.15) is 0 Å². The fourth-order valence-electron chi connectivity index (χ4n) is 8.65. The summed E-state index contributed by atoms with van der Waals surface area (Å²) in [6.07, 6.45) is 9.41. The first-order valence-corrected chi connectivity index (χ1v) is 20.5. The van der Waals surface area contributed by atoms with Crippen LogP contribution in [0.3, 0.4) is 0 Å². The van der Waals surface area contributed by atoms with Gasteiger partial charge in [-0.05, 0) is 105 Å². The van der Waals surface area contributed by atoms with E-state index in [1.807, 2.05) is 25.1 Å². The van der Waals surface area contributed by atoms with Gasteiger partial charge in [0.1, 0.15) is 11.4 Å². The number of fused-ring (bicyclic) bond motifs is 4. The summed E-state index contributed by atoms with van der Waals surface area (Å²) in [5.74, 6) is 6.34. The summed E-state index contributed by atoms with van der Waals surface area (Å²) >= 11 is 6.46. The summed E-state index contributed by atoms with van der Waals surface area (Å²) in [5, 5.41) is 12.3. The third kappa shape index (κ3) is 7.56. The molecule has 7 rings (SSSR count). The highest BCUT2D eigenvalue weighted by molar-refractivity contribution is 7.90. The van der Waals surface area contributed by atoms with E-state index in [0.717, 1.165) is 75.7 Å². The molecule has 0 radical (unpaired) electrons. The van der Waals surface area contributed by atoms with Gasteiger partial charge in [0.15, 0.2) is 0 Å². The fourth-order valence-corrected chi connectivity index (χ4v) is 10.1. The number of aliphatic hydroxyl groups is 1. The third-order valence-corrected chi connectivity index (χ3v) is 14.2. The Hall–Kier alpha value is -3.07. The number of sulfonamides is 1. The van der Waals surface area contributed by atoms with Gasteiger partial charge in [0.2, 0.25) is 10.0 Å². The summed E-state index contributed by atoms with van der Waals surface area (Å²) in [4.78, 5) is 18.2. The molecule has 9 nitrogen and oxygen atoms in total. The molecular weight excluding hydrogens is 686 g/mol. The number of anilines is 1. The third-order valence-electron chi connectivity index (χ3n) is 12.1. The highest BCUT2D eigenvalue weighted by atomic mass is 35.5. The standard InChI is InChI=1S/C40H50ClN3O6S/c1-28-7-5-17-40(46,16-3-4-18-43-19-21-49-22-20-43)35-12-9-32(35)25-44-26-39(15-6-8-30-23-33(41)11-13-34(30)39)27-50-37-14-10-31(24-36(37)44)38(45)42-51(47,48)29(28)2/h5,10-11,13-14,17,23-24,28-29,32,35,46H,4,6-9,12,15,18-22,25-27H2,1-2H3,(H,42,45)/b17-5+/t28-,29+,32-,35+,39-,40+/m0/s1. The number of morpholine rings is 1. The van der Waals surface area contributed by atoms with Crippen LogP contribution in [0, 0.1) is 29.6 Å². The molecule has 1 saturated carbocycles. The average Bonchev–Trinajstić information content (AvgIpc) is 3.24. The van der Waals surface area contributed by atoms with Crippen LogP contribution in [0.15, 0.2) is 48.6 Å². The normalized spacial score (nSPS) is 32.9. The number of ether oxygens (including phenoxy) is 2. The minimum Gasteiger partial charge on any atom is -0.490 e. The molecule has 1 saturated heterocycles. The molecule has 1 spiro atoms. The average molecular weight is 736 g/mol. The van der Waals surface area contributed by atoms with E-state index in [0.29, 0.717) is 38.3 Å². The first kappa shape index (κ1) is 36.3. The van der Waals surface area contributed by atoms with E-state index < -0.39 is 26.8 Å². The molecule has 2 fully saturated rings. The highest BCUT2D eigenvalue weighted by Crippen LogP contribution is 2.48. The van der Waals surface area contributed by atoms with E-state index in [1.54, 1.807) is 25.1 Å². The van der Waals surface area contributed by atoms with E-state index in [2.05, 4.69) is 38.5 Å². The molecule has 5 aliphatic rings. The second kappa shape index (κ2) is 14.7. The van der Waals surface area contributed by atoms with Crippen molar-refractivity contribution in [3.63, 3.8) is 0 Å². The van der Waals surface area contributed by atoms with Crippen molar-refractivity contribution in [3.8, 4) is 17.6 Å². The van der Waals surface area contributed by atoms with Crippen molar-refractivity contribution >= 4 is 33.2 Å². The molecule has 3 heterocycles. The van der Waals surface area contributed by atoms with E-state index in [1.165, 1.54) is 11.1 Å². The summed E-state index contributed by atoms with van der Waals surface area (Å²) in [6.45, 7) is 9.28. The number of amides is 1. The minimum absolute atomic E-state index is 0.110. The zero-order chi connectivity index (χ0) is 35.8. The number of hydrogen-bond acceptors (Lipinski definition) is 8. The largest absolute Gasteiger partial charge is 0.490 e. The molecule has 2 bridgehead atoms. The van der Waals surface area contributed by atoms with Crippen molar-refractivity contribution < 1.29 is 27.8 Å². The maximum Gasteiger partial charge on any atom is 0.264 e. The van der Waals surface area contributed by atoms with Crippen LogP contribution in [-0.4, -0.2) is 87.7 Å². The lowest BCUT2D eigenvalue weighted by Crippen LogP contribution is -2.52. The van der Waals surface area contributed by atoms with Crippen molar-refractivity contribution in [2.45, 2.75) is 75.1 Å². The van der Waals surface area contributed by atoms with E-state index >= 15 is 0 Å². The van der Waals surface area contributed by atoms with Crippen LogP contribution in [0.25, 0.3) is 0 Å². The number of halogens is 1. The zero-order valence-electron chi connectivity index (χ0n) is 29.7. The van der Waals surface area contributed by atoms with Gasteiger partial charge in [-0.1, -0.05) is 42.5 Å². The topological polar surface area (TPSA) is 108 Å². The molecule has 2 aromatic carbocycles. The second-order valence-electron chi connectivity index (χ2n) is 15.4. The second-order valence-corrected chi connectivity index (χ2v) is 17.8. The van der Waals surface area contributed by atoms with Crippen molar-refractivity contribution in [1.82, 2.24) is 9.62 Å². The van der Waals surface area contributed by atoms with Crippen molar-refractivity contribution in [3.05, 3.63) is 70.3 Å². The molecule has 3 aliphatic heterocycles. The van der Waals surface area contributed by atoms with Gasteiger partial charge in [-0.3, -0.25) is 9.69 Å². The lowest BCUT2D eigenvalue weighted by Gasteiger charge is -2.47. The summed E-state index contributed by atoms with van der Waals surface area (Å²) in [6, 6.07) is 11.4. The lowest BCUT2D eigenvalue weighted by molar-refractivity contribution is -0.00330. The van der Waals surface area contributed by atoms with Crippen molar-refractivity contribution in [2.75, 3.05) is 57.4 Å². The SMILES string of the molecule is C[C@@H]1[C@@H](C)C/C=C/[C@](O)(C#CCCN2CCOCC2)[C@@H]2CC[C@H]2CN2C[C@@]3(CCCc4cc(Cl)ccc43)COc3ccc(cc32)C(=O)NS1(=O)=O. The predicted octanol–water partition coefficient (Wildman–Crippen LogP) is 5.34. The van der Waals surface area contributed by atoms with Crippen LogP contribution in [-0.2, 0) is 26.6 Å². The number of rotatable bonds is 2.